The Morgan fingerprint density at radius 1 is 1.22 bits per heavy atom. The van der Waals surface area contributed by atoms with Crippen LogP contribution in [0.2, 0.25) is 0 Å². The Labute approximate surface area is 150 Å². The van der Waals surface area contributed by atoms with Gasteiger partial charge < -0.3 is 15.8 Å². The topological polar surface area (TPSA) is 108 Å². The van der Waals surface area contributed by atoms with Gasteiger partial charge in [0.05, 0.1) is 6.20 Å². The van der Waals surface area contributed by atoms with E-state index in [-0.39, 0.29) is 5.82 Å². The molecule has 1 aromatic carbocycles. The number of benzene rings is 1. The third kappa shape index (κ3) is 4.51. The summed E-state index contributed by atoms with van der Waals surface area (Å²) in [4.78, 5) is 19.0. The summed E-state index contributed by atoms with van der Waals surface area (Å²) in [6.07, 6.45) is -2.46. The number of nitrogens with two attached hydrogens (primary N) is 1. The van der Waals surface area contributed by atoms with Gasteiger partial charge in [-0.3, -0.25) is 0 Å². The predicted octanol–water partition coefficient (Wildman–Crippen LogP) is 3.03. The summed E-state index contributed by atoms with van der Waals surface area (Å²) in [6.45, 7) is 1.78. The number of alkyl halides is 3. The van der Waals surface area contributed by atoms with Crippen molar-refractivity contribution < 1.29 is 22.7 Å². The summed E-state index contributed by atoms with van der Waals surface area (Å²) in [5.74, 6) is 0.216. The molecule has 2 amide bonds. The molecule has 0 aliphatic heterocycles. The van der Waals surface area contributed by atoms with Crippen molar-refractivity contribution in [3.63, 3.8) is 0 Å². The number of hydrogen-bond donors (Lipinski definition) is 2. The van der Waals surface area contributed by atoms with Crippen LogP contribution < -0.4 is 15.8 Å². The van der Waals surface area contributed by atoms with Gasteiger partial charge >= 0.3 is 12.4 Å². The molecule has 0 atom stereocenters. The van der Waals surface area contributed by atoms with Crippen molar-refractivity contribution in [2.45, 2.75) is 13.3 Å². The number of halogens is 3. The highest BCUT2D eigenvalue weighted by atomic mass is 19.4. The lowest BCUT2D eigenvalue weighted by Gasteiger charge is -2.08. The van der Waals surface area contributed by atoms with Crippen molar-refractivity contribution in [1.82, 2.24) is 19.7 Å². The first-order chi connectivity index (χ1) is 12.7. The predicted molar refractivity (Wildman–Crippen MR) is 89.2 cm³/mol. The molecule has 0 spiro atoms. The molecule has 3 N–H and O–H groups in total. The highest BCUT2D eigenvalue weighted by Crippen LogP contribution is 2.24. The summed E-state index contributed by atoms with van der Waals surface area (Å²) in [5, 5.41) is 6.75. The van der Waals surface area contributed by atoms with Gasteiger partial charge in [-0.1, -0.05) is 0 Å². The third-order valence-corrected chi connectivity index (χ3v) is 3.42. The SMILES string of the molecule is Cc1cc(-c2ncn(-c3ccc(OC(F)(F)F)cn3)n2)ccc1NC(N)=O. The van der Waals surface area contributed by atoms with Crippen LogP contribution in [0, 0.1) is 6.92 Å². The Morgan fingerprint density at radius 3 is 2.59 bits per heavy atom. The third-order valence-electron chi connectivity index (χ3n) is 3.42. The van der Waals surface area contributed by atoms with Crippen molar-refractivity contribution in [3.8, 4) is 23.0 Å². The van der Waals surface area contributed by atoms with Gasteiger partial charge in [-0.15, -0.1) is 18.3 Å². The van der Waals surface area contributed by atoms with E-state index in [1.54, 1.807) is 25.1 Å². The average Bonchev–Trinajstić information content (AvgIpc) is 3.05. The maximum absolute atomic E-state index is 12.2. The van der Waals surface area contributed by atoms with Crippen LogP contribution in [0.15, 0.2) is 42.9 Å². The van der Waals surface area contributed by atoms with Crippen LogP contribution >= 0.6 is 0 Å². The fourth-order valence-corrected chi connectivity index (χ4v) is 2.28. The Morgan fingerprint density at radius 2 is 2.00 bits per heavy atom. The van der Waals surface area contributed by atoms with Crippen molar-refractivity contribution >= 4 is 11.7 Å². The molecule has 2 heterocycles. The number of ether oxygens (including phenoxy) is 1. The fourth-order valence-electron chi connectivity index (χ4n) is 2.28. The van der Waals surface area contributed by atoms with Crippen LogP contribution in [0.3, 0.4) is 0 Å². The molecule has 0 aliphatic carbocycles. The monoisotopic (exact) mass is 378 g/mol. The molecule has 3 rings (SSSR count). The minimum atomic E-state index is -4.78. The number of anilines is 1. The minimum absolute atomic E-state index is 0.270. The van der Waals surface area contributed by atoms with Crippen LogP contribution in [0.25, 0.3) is 17.2 Å². The molecule has 3 aromatic rings. The number of rotatable bonds is 4. The molecule has 27 heavy (non-hydrogen) atoms. The Kier molecular flexibility index (Phi) is 4.67. The Bertz CT molecular complexity index is 969. The molecular weight excluding hydrogens is 365 g/mol. The molecule has 0 bridgehead atoms. The zero-order valence-corrected chi connectivity index (χ0v) is 13.9. The van der Waals surface area contributed by atoms with E-state index in [0.717, 1.165) is 17.8 Å². The number of hydrogen-bond acceptors (Lipinski definition) is 5. The first-order valence-corrected chi connectivity index (χ1v) is 7.52. The smallest absolute Gasteiger partial charge is 0.404 e. The Hall–Kier alpha value is -3.63. The summed E-state index contributed by atoms with van der Waals surface area (Å²) in [5.41, 5.74) is 7.10. The lowest BCUT2D eigenvalue weighted by atomic mass is 10.1. The quantitative estimate of drug-likeness (QED) is 0.726. The molecule has 8 nitrogen and oxygen atoms in total. The zero-order chi connectivity index (χ0) is 19.6. The summed E-state index contributed by atoms with van der Waals surface area (Å²) in [6, 6.07) is 6.91. The molecule has 0 saturated heterocycles. The number of nitrogens with one attached hydrogen (secondary N) is 1. The van der Waals surface area contributed by atoms with E-state index in [9.17, 15) is 18.0 Å². The number of carbonyl (C=O) groups is 1. The number of amides is 2. The largest absolute Gasteiger partial charge is 0.573 e. The van der Waals surface area contributed by atoms with Crippen LogP contribution in [0.5, 0.6) is 5.75 Å². The van der Waals surface area contributed by atoms with Crippen LogP contribution in [0.4, 0.5) is 23.7 Å². The molecular formula is C16H13F3N6O2. The second kappa shape index (κ2) is 6.94. The molecule has 2 aromatic heterocycles. The van der Waals surface area contributed by atoms with Crippen molar-refractivity contribution in [1.29, 1.82) is 0 Å². The van der Waals surface area contributed by atoms with E-state index < -0.39 is 18.1 Å². The van der Waals surface area contributed by atoms with E-state index >= 15 is 0 Å². The van der Waals surface area contributed by atoms with E-state index in [2.05, 4.69) is 25.1 Å². The second-order valence-corrected chi connectivity index (χ2v) is 5.43. The van der Waals surface area contributed by atoms with Gasteiger partial charge in [-0.05, 0) is 42.8 Å². The van der Waals surface area contributed by atoms with E-state index in [4.69, 9.17) is 5.73 Å². The van der Waals surface area contributed by atoms with Gasteiger partial charge in [-0.2, -0.15) is 0 Å². The van der Waals surface area contributed by atoms with Crippen molar-refractivity contribution in [2.24, 2.45) is 5.73 Å². The second-order valence-electron chi connectivity index (χ2n) is 5.43. The lowest BCUT2D eigenvalue weighted by molar-refractivity contribution is -0.274. The summed E-state index contributed by atoms with van der Waals surface area (Å²) < 4.78 is 41.6. The molecule has 0 fully saturated rings. The van der Waals surface area contributed by atoms with Crippen LogP contribution in [0.1, 0.15) is 5.56 Å². The molecule has 0 aliphatic rings. The summed E-state index contributed by atoms with van der Waals surface area (Å²) >= 11 is 0. The molecule has 11 heteroatoms. The van der Waals surface area contributed by atoms with Crippen molar-refractivity contribution in [2.75, 3.05) is 5.32 Å². The number of primary amides is 1. The summed E-state index contributed by atoms with van der Waals surface area (Å²) in [7, 11) is 0. The van der Waals surface area contributed by atoms with E-state index in [0.29, 0.717) is 17.1 Å². The number of aromatic nitrogens is 4. The molecule has 0 unspecified atom stereocenters. The maximum Gasteiger partial charge on any atom is 0.573 e. The number of nitrogens with zero attached hydrogens (tertiary/aromatic N) is 4. The van der Waals surface area contributed by atoms with Gasteiger partial charge in [0.15, 0.2) is 11.6 Å². The molecule has 0 saturated carbocycles. The normalized spacial score (nSPS) is 11.3. The minimum Gasteiger partial charge on any atom is -0.404 e. The lowest BCUT2D eigenvalue weighted by Crippen LogP contribution is -2.19. The van der Waals surface area contributed by atoms with E-state index in [1.165, 1.54) is 17.1 Å². The van der Waals surface area contributed by atoms with Gasteiger partial charge in [0.1, 0.15) is 12.1 Å². The first-order valence-electron chi connectivity index (χ1n) is 7.52. The Balaban J connectivity index is 1.80. The van der Waals surface area contributed by atoms with Crippen LogP contribution in [-0.2, 0) is 0 Å². The number of pyridine rings is 1. The standard InChI is InChI=1S/C16H13F3N6O2/c1-9-6-10(2-4-12(9)23-15(20)26)14-22-8-25(24-14)13-5-3-11(7-21-13)27-16(17,18)19/h2-8H,1H3,(H3,20,23,26). The van der Waals surface area contributed by atoms with Crippen LogP contribution in [-0.4, -0.2) is 32.1 Å². The zero-order valence-electron chi connectivity index (χ0n) is 13.9. The maximum atomic E-state index is 12.2. The molecule has 140 valence electrons. The highest BCUT2D eigenvalue weighted by Gasteiger charge is 2.31. The van der Waals surface area contributed by atoms with Gasteiger partial charge in [0.2, 0.25) is 0 Å². The fraction of sp³-hybridized carbons (Fsp3) is 0.125. The van der Waals surface area contributed by atoms with E-state index in [1.807, 2.05) is 0 Å². The molecule has 0 radical (unpaired) electrons. The number of carbonyl (C=O) groups excluding carboxylic acids is 1. The van der Waals surface area contributed by atoms with Gasteiger partial charge in [0.25, 0.3) is 0 Å². The van der Waals surface area contributed by atoms with Gasteiger partial charge in [-0.25, -0.2) is 19.4 Å². The van der Waals surface area contributed by atoms with Crippen molar-refractivity contribution in [3.05, 3.63) is 48.4 Å². The first kappa shape index (κ1) is 18.2. The number of urea groups is 1. The van der Waals surface area contributed by atoms with Gasteiger partial charge in [0, 0.05) is 11.3 Å². The number of aryl methyl sites for hydroxylation is 1. The highest BCUT2D eigenvalue weighted by molar-refractivity contribution is 5.89. The average molecular weight is 378 g/mol.